The van der Waals surface area contributed by atoms with E-state index in [-0.39, 0.29) is 12.5 Å². The van der Waals surface area contributed by atoms with Gasteiger partial charge in [-0.25, -0.2) is 12.7 Å². The molecule has 0 aromatic rings. The Morgan fingerprint density at radius 2 is 1.96 bits per heavy atom. The molecule has 2 aliphatic rings. The Kier molecular flexibility index (Phi) is 6.01. The van der Waals surface area contributed by atoms with Crippen LogP contribution < -0.4 is 5.32 Å². The molecule has 0 spiro atoms. The Bertz CT molecular complexity index is 519. The molecule has 0 aromatic heterocycles. The summed E-state index contributed by atoms with van der Waals surface area (Å²) in [6.07, 6.45) is 2.28. The molecule has 1 amide bonds. The first kappa shape index (κ1) is 18.6. The highest BCUT2D eigenvalue weighted by atomic mass is 32.2. The summed E-state index contributed by atoms with van der Waals surface area (Å²) < 4.78 is 30.4. The van der Waals surface area contributed by atoms with Crippen LogP contribution in [0.1, 0.15) is 12.8 Å². The summed E-state index contributed by atoms with van der Waals surface area (Å²) in [5.74, 6) is -0.620. The first-order valence-corrected chi connectivity index (χ1v) is 9.77. The number of amides is 1. The standard InChI is InChI=1S/C14H27N3O5S/c1-15-13(18)12-9-16(5-6-17(10-12)23(2,20)21)11-14(19)3-7-22-8-4-14/h12,19H,3-11H2,1-2H3,(H,15,18)/t12-/m0/s1. The molecular weight excluding hydrogens is 322 g/mol. The lowest BCUT2D eigenvalue weighted by Crippen LogP contribution is -2.49. The number of aliphatic hydroxyl groups is 1. The van der Waals surface area contributed by atoms with Crippen molar-refractivity contribution in [3.63, 3.8) is 0 Å². The van der Waals surface area contributed by atoms with E-state index in [1.807, 2.05) is 4.90 Å². The van der Waals surface area contributed by atoms with Crippen LogP contribution in [0.2, 0.25) is 0 Å². The monoisotopic (exact) mass is 349 g/mol. The summed E-state index contributed by atoms with van der Waals surface area (Å²) in [7, 11) is -1.80. The van der Waals surface area contributed by atoms with Gasteiger partial charge in [0, 0.05) is 65.8 Å². The fraction of sp³-hybridized carbons (Fsp3) is 0.929. The molecule has 0 aliphatic carbocycles. The van der Waals surface area contributed by atoms with Crippen LogP contribution in [-0.4, -0.2) is 93.5 Å². The summed E-state index contributed by atoms with van der Waals surface area (Å²) >= 11 is 0. The number of hydrogen-bond donors (Lipinski definition) is 2. The third-order valence-corrected chi connectivity index (χ3v) is 5.87. The van der Waals surface area contributed by atoms with Gasteiger partial charge in [0.1, 0.15) is 0 Å². The summed E-state index contributed by atoms with van der Waals surface area (Å²) in [5.41, 5.74) is -0.828. The fourth-order valence-corrected chi connectivity index (χ4v) is 4.06. The Morgan fingerprint density at radius 1 is 1.30 bits per heavy atom. The van der Waals surface area contributed by atoms with Gasteiger partial charge < -0.3 is 15.2 Å². The first-order chi connectivity index (χ1) is 10.7. The number of hydrogen-bond acceptors (Lipinski definition) is 6. The molecule has 0 bridgehead atoms. The molecule has 2 aliphatic heterocycles. The van der Waals surface area contributed by atoms with Gasteiger partial charge in [0.2, 0.25) is 15.9 Å². The van der Waals surface area contributed by atoms with Crippen molar-refractivity contribution < 1.29 is 23.1 Å². The summed E-state index contributed by atoms with van der Waals surface area (Å²) in [4.78, 5) is 14.1. The molecule has 2 fully saturated rings. The molecule has 2 saturated heterocycles. The van der Waals surface area contributed by atoms with Gasteiger partial charge in [0.15, 0.2) is 0 Å². The van der Waals surface area contributed by atoms with E-state index in [4.69, 9.17) is 4.74 Å². The molecule has 2 rings (SSSR count). The van der Waals surface area contributed by atoms with Gasteiger partial charge in [-0.05, 0) is 0 Å². The summed E-state index contributed by atoms with van der Waals surface area (Å²) in [6, 6.07) is 0. The van der Waals surface area contributed by atoms with Gasteiger partial charge in [-0.3, -0.25) is 9.69 Å². The van der Waals surface area contributed by atoms with Crippen molar-refractivity contribution >= 4 is 15.9 Å². The number of ether oxygens (including phenoxy) is 1. The van der Waals surface area contributed by atoms with E-state index in [2.05, 4.69) is 5.32 Å². The molecule has 2 heterocycles. The topological polar surface area (TPSA) is 99.2 Å². The first-order valence-electron chi connectivity index (χ1n) is 7.93. The van der Waals surface area contributed by atoms with E-state index < -0.39 is 21.5 Å². The van der Waals surface area contributed by atoms with E-state index >= 15 is 0 Å². The molecule has 0 saturated carbocycles. The van der Waals surface area contributed by atoms with E-state index in [9.17, 15) is 18.3 Å². The normalized spacial score (nSPS) is 27.3. The van der Waals surface area contributed by atoms with E-state index in [1.54, 1.807) is 7.05 Å². The fourth-order valence-electron chi connectivity index (χ4n) is 3.19. The molecular formula is C14H27N3O5S. The molecule has 8 nitrogen and oxygen atoms in total. The van der Waals surface area contributed by atoms with Gasteiger partial charge >= 0.3 is 0 Å². The lowest BCUT2D eigenvalue weighted by Gasteiger charge is -2.37. The van der Waals surface area contributed by atoms with Crippen molar-refractivity contribution in [2.45, 2.75) is 18.4 Å². The minimum absolute atomic E-state index is 0.176. The highest BCUT2D eigenvalue weighted by Crippen LogP contribution is 2.23. The predicted octanol–water partition coefficient (Wildman–Crippen LogP) is -1.53. The lowest BCUT2D eigenvalue weighted by molar-refractivity contribution is -0.125. The number of carbonyl (C=O) groups excluding carboxylic acids is 1. The van der Waals surface area contributed by atoms with Gasteiger partial charge in [-0.2, -0.15) is 0 Å². The molecule has 134 valence electrons. The van der Waals surface area contributed by atoms with Crippen LogP contribution in [0.4, 0.5) is 0 Å². The van der Waals surface area contributed by atoms with Crippen LogP contribution in [-0.2, 0) is 19.6 Å². The van der Waals surface area contributed by atoms with Crippen LogP contribution in [0.15, 0.2) is 0 Å². The Hall–Kier alpha value is -0.740. The number of nitrogens with zero attached hydrogens (tertiary/aromatic N) is 2. The third-order valence-electron chi connectivity index (χ3n) is 4.60. The average Bonchev–Trinajstić information content (AvgIpc) is 2.69. The zero-order valence-corrected chi connectivity index (χ0v) is 14.6. The van der Waals surface area contributed by atoms with Gasteiger partial charge in [0.25, 0.3) is 0 Å². The van der Waals surface area contributed by atoms with Crippen LogP contribution >= 0.6 is 0 Å². The minimum Gasteiger partial charge on any atom is -0.388 e. The second-order valence-electron chi connectivity index (χ2n) is 6.50. The van der Waals surface area contributed by atoms with Gasteiger partial charge in [-0.1, -0.05) is 0 Å². The number of carbonyl (C=O) groups is 1. The van der Waals surface area contributed by atoms with Crippen LogP contribution in [0.5, 0.6) is 0 Å². The largest absolute Gasteiger partial charge is 0.388 e. The van der Waals surface area contributed by atoms with Crippen molar-refractivity contribution in [2.75, 3.05) is 59.2 Å². The summed E-state index contributed by atoms with van der Waals surface area (Å²) in [6.45, 7) is 2.94. The van der Waals surface area contributed by atoms with Crippen molar-refractivity contribution in [1.29, 1.82) is 0 Å². The van der Waals surface area contributed by atoms with Crippen LogP contribution in [0.3, 0.4) is 0 Å². The van der Waals surface area contributed by atoms with Gasteiger partial charge in [-0.15, -0.1) is 0 Å². The Balaban J connectivity index is 2.10. The minimum atomic E-state index is -3.35. The molecule has 2 N–H and O–H groups in total. The average molecular weight is 349 g/mol. The van der Waals surface area contributed by atoms with Crippen LogP contribution in [0.25, 0.3) is 0 Å². The zero-order valence-electron chi connectivity index (χ0n) is 13.8. The summed E-state index contributed by atoms with van der Waals surface area (Å²) in [5, 5.41) is 13.3. The van der Waals surface area contributed by atoms with E-state index in [0.717, 1.165) is 6.26 Å². The third kappa shape index (κ3) is 5.12. The molecule has 9 heteroatoms. The SMILES string of the molecule is CNC(=O)[C@H]1CN(CC2(O)CCOCC2)CCN(S(C)(=O)=O)C1. The highest BCUT2D eigenvalue weighted by Gasteiger charge is 2.36. The molecule has 0 aromatic carbocycles. The van der Waals surface area contributed by atoms with E-state index in [0.29, 0.717) is 52.2 Å². The number of β-amino-alcohol motifs (C(OH)–C–C–N with tert-alkyl or cyclic N) is 1. The smallest absolute Gasteiger partial charge is 0.225 e. The van der Waals surface area contributed by atoms with Crippen molar-refractivity contribution in [1.82, 2.24) is 14.5 Å². The Morgan fingerprint density at radius 3 is 2.52 bits per heavy atom. The van der Waals surface area contributed by atoms with Crippen LogP contribution in [0, 0.1) is 5.92 Å². The van der Waals surface area contributed by atoms with Gasteiger partial charge in [0.05, 0.1) is 17.8 Å². The molecule has 1 atom stereocenters. The predicted molar refractivity (Wildman–Crippen MR) is 85.4 cm³/mol. The highest BCUT2D eigenvalue weighted by molar-refractivity contribution is 7.88. The number of nitrogens with one attached hydrogen (secondary N) is 1. The Labute approximate surface area is 137 Å². The molecule has 0 radical (unpaired) electrons. The van der Waals surface area contributed by atoms with Crippen molar-refractivity contribution in [3.05, 3.63) is 0 Å². The number of rotatable bonds is 4. The zero-order chi connectivity index (χ0) is 17.1. The lowest BCUT2D eigenvalue weighted by atomic mass is 9.93. The van der Waals surface area contributed by atoms with Crippen molar-refractivity contribution in [3.8, 4) is 0 Å². The second-order valence-corrected chi connectivity index (χ2v) is 8.49. The maximum Gasteiger partial charge on any atom is 0.225 e. The maximum atomic E-state index is 12.1. The van der Waals surface area contributed by atoms with Crippen molar-refractivity contribution in [2.24, 2.45) is 5.92 Å². The molecule has 23 heavy (non-hydrogen) atoms. The number of sulfonamides is 1. The maximum absolute atomic E-state index is 12.1. The molecule has 0 unspecified atom stereocenters. The second kappa shape index (κ2) is 7.43. The quantitative estimate of drug-likeness (QED) is 0.639. The van der Waals surface area contributed by atoms with E-state index in [1.165, 1.54) is 4.31 Å².